The Morgan fingerprint density at radius 3 is 2.36 bits per heavy atom. The van der Waals surface area contributed by atoms with Gasteiger partial charge in [0.1, 0.15) is 0 Å². The van der Waals surface area contributed by atoms with Gasteiger partial charge in [0.15, 0.2) is 5.11 Å². The maximum atomic E-state index is 4.92. The molecule has 3 nitrogen and oxygen atoms in total. The number of hydrogen-bond donors (Lipinski definition) is 2. The van der Waals surface area contributed by atoms with E-state index in [2.05, 4.69) is 10.8 Å². The van der Waals surface area contributed by atoms with Crippen molar-refractivity contribution in [3.8, 4) is 0 Å². The number of hydrogen-bond acceptors (Lipinski definition) is 2. The molecule has 66 valence electrons. The highest BCUT2D eigenvalue weighted by molar-refractivity contribution is 7.80. The van der Waals surface area contributed by atoms with Gasteiger partial charge in [-0.25, -0.2) is 5.48 Å². The number of hydroxylamine groups is 1. The summed E-state index contributed by atoms with van der Waals surface area (Å²) in [6.45, 7) is 8.60. The Hall–Kier alpha value is -0.350. The molecule has 0 spiro atoms. The molecule has 0 aromatic heterocycles. The summed E-state index contributed by atoms with van der Waals surface area (Å²) in [4.78, 5) is 4.89. The quantitative estimate of drug-likeness (QED) is 0.489. The van der Waals surface area contributed by atoms with Crippen molar-refractivity contribution in [1.29, 1.82) is 0 Å². The highest BCUT2D eigenvalue weighted by atomic mass is 32.1. The lowest BCUT2D eigenvalue weighted by Gasteiger charge is -2.22. The second kappa shape index (κ2) is 4.51. The van der Waals surface area contributed by atoms with Gasteiger partial charge in [-0.15, -0.1) is 0 Å². The summed E-state index contributed by atoms with van der Waals surface area (Å²) in [7, 11) is 0. The van der Waals surface area contributed by atoms with Crippen LogP contribution in [-0.4, -0.2) is 17.3 Å². The Balaban J connectivity index is 3.53. The zero-order valence-corrected chi connectivity index (χ0v) is 8.34. The molecule has 0 unspecified atom stereocenters. The zero-order chi connectivity index (χ0) is 8.91. The van der Waals surface area contributed by atoms with E-state index in [4.69, 9.17) is 17.1 Å². The molecule has 0 aliphatic heterocycles. The molecule has 0 atom stereocenters. The van der Waals surface area contributed by atoms with Crippen molar-refractivity contribution in [2.24, 2.45) is 0 Å². The highest BCUT2D eigenvalue weighted by Gasteiger charge is 2.10. The van der Waals surface area contributed by atoms with Crippen molar-refractivity contribution >= 4 is 17.3 Å². The highest BCUT2D eigenvalue weighted by Crippen LogP contribution is 1.97. The van der Waals surface area contributed by atoms with Gasteiger partial charge < -0.3 is 5.32 Å². The molecular weight excluding hydrogens is 160 g/mol. The summed E-state index contributed by atoms with van der Waals surface area (Å²) < 4.78 is 0. The molecule has 0 aliphatic carbocycles. The number of rotatable bonds is 2. The van der Waals surface area contributed by atoms with Crippen LogP contribution in [0.4, 0.5) is 0 Å². The van der Waals surface area contributed by atoms with Gasteiger partial charge in [-0.1, -0.05) is 0 Å². The second-order valence-electron chi connectivity index (χ2n) is 3.24. The molecule has 0 rings (SSSR count). The molecule has 0 radical (unpaired) electrons. The Morgan fingerprint density at radius 1 is 1.45 bits per heavy atom. The van der Waals surface area contributed by atoms with Crippen LogP contribution in [0.5, 0.6) is 0 Å². The van der Waals surface area contributed by atoms with Crippen LogP contribution in [-0.2, 0) is 4.84 Å². The fraction of sp³-hybridized carbons (Fsp3) is 0.857. The first-order valence-electron chi connectivity index (χ1n) is 3.65. The molecule has 4 heteroatoms. The lowest BCUT2D eigenvalue weighted by Crippen LogP contribution is -2.46. The predicted octanol–water partition coefficient (Wildman–Crippen LogP) is 1.20. The fourth-order valence-electron chi connectivity index (χ4n) is 0.504. The molecule has 0 fully saturated rings. The third kappa shape index (κ3) is 7.55. The van der Waals surface area contributed by atoms with E-state index in [9.17, 15) is 0 Å². The smallest absolute Gasteiger partial charge is 0.190 e. The van der Waals surface area contributed by atoms with E-state index in [0.717, 1.165) is 0 Å². The van der Waals surface area contributed by atoms with Crippen LogP contribution < -0.4 is 10.8 Å². The molecule has 0 amide bonds. The Morgan fingerprint density at radius 2 is 2.00 bits per heavy atom. The lowest BCUT2D eigenvalue weighted by atomic mass is 10.1. The maximum Gasteiger partial charge on any atom is 0.190 e. The lowest BCUT2D eigenvalue weighted by molar-refractivity contribution is 0.0949. The van der Waals surface area contributed by atoms with Crippen LogP contribution >= 0.6 is 12.2 Å². The Bertz CT molecular complexity index is 131. The van der Waals surface area contributed by atoms with Crippen molar-refractivity contribution in [2.75, 3.05) is 6.61 Å². The largest absolute Gasteiger partial charge is 0.356 e. The predicted molar refractivity (Wildman–Crippen MR) is 50.2 cm³/mol. The summed E-state index contributed by atoms with van der Waals surface area (Å²) in [5.41, 5.74) is 2.60. The van der Waals surface area contributed by atoms with Crippen molar-refractivity contribution in [3.05, 3.63) is 0 Å². The summed E-state index contributed by atoms with van der Waals surface area (Å²) in [6, 6.07) is 0. The zero-order valence-electron chi connectivity index (χ0n) is 7.52. The topological polar surface area (TPSA) is 33.3 Å². The van der Waals surface area contributed by atoms with E-state index in [1.165, 1.54) is 0 Å². The SMILES string of the molecule is CCONC(=S)NC(C)(C)C. The molecule has 11 heavy (non-hydrogen) atoms. The first-order valence-corrected chi connectivity index (χ1v) is 4.06. The van der Waals surface area contributed by atoms with Crippen LogP contribution in [0.15, 0.2) is 0 Å². The van der Waals surface area contributed by atoms with E-state index in [-0.39, 0.29) is 5.54 Å². The molecule has 0 bridgehead atoms. The molecule has 0 aliphatic rings. The first kappa shape index (κ1) is 10.7. The Labute approximate surface area is 73.5 Å². The van der Waals surface area contributed by atoms with E-state index < -0.39 is 0 Å². The van der Waals surface area contributed by atoms with Crippen LogP contribution in [0.3, 0.4) is 0 Å². The molecular formula is C7H16N2OS. The summed E-state index contributed by atoms with van der Waals surface area (Å²) in [5.74, 6) is 0. The summed E-state index contributed by atoms with van der Waals surface area (Å²) in [6.07, 6.45) is 0. The fourth-order valence-corrected chi connectivity index (χ4v) is 0.869. The van der Waals surface area contributed by atoms with Crippen LogP contribution in [0, 0.1) is 0 Å². The van der Waals surface area contributed by atoms with Crippen molar-refractivity contribution < 1.29 is 4.84 Å². The van der Waals surface area contributed by atoms with Gasteiger partial charge >= 0.3 is 0 Å². The molecule has 0 heterocycles. The van der Waals surface area contributed by atoms with Gasteiger partial charge in [0.25, 0.3) is 0 Å². The normalized spacial score (nSPS) is 10.9. The minimum atomic E-state index is -0.0127. The number of nitrogens with one attached hydrogen (secondary N) is 2. The molecule has 0 saturated carbocycles. The first-order chi connectivity index (χ1) is 4.95. The third-order valence-electron chi connectivity index (χ3n) is 0.798. The van der Waals surface area contributed by atoms with Crippen LogP contribution in [0.1, 0.15) is 27.7 Å². The van der Waals surface area contributed by atoms with Crippen molar-refractivity contribution in [2.45, 2.75) is 33.2 Å². The standard InChI is InChI=1S/C7H16N2OS/c1-5-10-9-6(11)8-7(2,3)4/h5H2,1-4H3,(H2,8,9,11). The van der Waals surface area contributed by atoms with Crippen LogP contribution in [0.2, 0.25) is 0 Å². The molecule has 0 aromatic carbocycles. The van der Waals surface area contributed by atoms with E-state index in [1.807, 2.05) is 27.7 Å². The average Bonchev–Trinajstić information content (AvgIpc) is 1.79. The van der Waals surface area contributed by atoms with E-state index in [0.29, 0.717) is 11.7 Å². The van der Waals surface area contributed by atoms with Gasteiger partial charge in [-0.2, -0.15) is 0 Å². The molecule has 0 aromatic rings. The monoisotopic (exact) mass is 176 g/mol. The second-order valence-corrected chi connectivity index (χ2v) is 3.65. The van der Waals surface area contributed by atoms with Crippen LogP contribution in [0.25, 0.3) is 0 Å². The van der Waals surface area contributed by atoms with Gasteiger partial charge in [-0.05, 0) is 39.9 Å². The van der Waals surface area contributed by atoms with Gasteiger partial charge in [0, 0.05) is 5.54 Å². The molecule has 2 N–H and O–H groups in total. The molecule has 0 saturated heterocycles. The van der Waals surface area contributed by atoms with Crippen molar-refractivity contribution in [3.63, 3.8) is 0 Å². The van der Waals surface area contributed by atoms with Gasteiger partial charge in [0.2, 0.25) is 0 Å². The summed E-state index contributed by atoms with van der Waals surface area (Å²) >= 11 is 4.92. The van der Waals surface area contributed by atoms with E-state index in [1.54, 1.807) is 0 Å². The van der Waals surface area contributed by atoms with E-state index >= 15 is 0 Å². The Kier molecular flexibility index (Phi) is 4.37. The number of thiocarbonyl (C=S) groups is 1. The van der Waals surface area contributed by atoms with Gasteiger partial charge in [-0.3, -0.25) is 4.84 Å². The van der Waals surface area contributed by atoms with Crippen molar-refractivity contribution in [1.82, 2.24) is 10.8 Å². The minimum Gasteiger partial charge on any atom is -0.356 e. The maximum absolute atomic E-state index is 4.92. The van der Waals surface area contributed by atoms with Gasteiger partial charge in [0.05, 0.1) is 6.61 Å². The average molecular weight is 176 g/mol. The third-order valence-corrected chi connectivity index (χ3v) is 0.983. The minimum absolute atomic E-state index is 0.0127. The summed E-state index contributed by atoms with van der Waals surface area (Å²) in [5, 5.41) is 3.58.